The van der Waals surface area contributed by atoms with Crippen molar-refractivity contribution in [3.63, 3.8) is 0 Å². The van der Waals surface area contributed by atoms with Crippen LogP contribution < -0.4 is 10.5 Å². The molecule has 0 aliphatic heterocycles. The quantitative estimate of drug-likeness (QED) is 0.430. The summed E-state index contributed by atoms with van der Waals surface area (Å²) in [5.74, 6) is -0.931. The van der Waals surface area contributed by atoms with E-state index in [1.807, 2.05) is 6.07 Å². The van der Waals surface area contributed by atoms with Crippen molar-refractivity contribution in [3.8, 4) is 17.6 Å². The number of carbonyl (C=O) groups is 1. The fourth-order valence-electron chi connectivity index (χ4n) is 2.35. The first-order valence-electron chi connectivity index (χ1n) is 7.18. The van der Waals surface area contributed by atoms with Gasteiger partial charge >= 0.3 is 5.76 Å². The highest BCUT2D eigenvalue weighted by molar-refractivity contribution is 6.14. The summed E-state index contributed by atoms with van der Waals surface area (Å²) in [4.78, 5) is 26.2. The number of fused-ring (bicyclic) bond motifs is 1. The van der Waals surface area contributed by atoms with Gasteiger partial charge in [-0.2, -0.15) is 5.26 Å². The monoisotopic (exact) mass is 336 g/mol. The van der Waals surface area contributed by atoms with E-state index < -0.39 is 11.5 Å². The van der Waals surface area contributed by atoms with E-state index in [9.17, 15) is 20.0 Å². The molecule has 0 amide bonds. The van der Waals surface area contributed by atoms with E-state index in [-0.39, 0.29) is 22.6 Å². The highest BCUT2D eigenvalue weighted by Gasteiger charge is 2.14. The molecule has 1 aromatic heterocycles. The van der Waals surface area contributed by atoms with E-state index in [0.717, 1.165) is 0 Å². The summed E-state index contributed by atoms with van der Waals surface area (Å²) in [6, 6.07) is 10.8. The first kappa shape index (κ1) is 16.1. The lowest BCUT2D eigenvalue weighted by Crippen LogP contribution is -2.02. The van der Waals surface area contributed by atoms with Crippen molar-refractivity contribution < 1.29 is 19.1 Å². The molecule has 0 atom stereocenters. The highest BCUT2D eigenvalue weighted by atomic mass is 16.5. The molecule has 7 nitrogen and oxygen atoms in total. The summed E-state index contributed by atoms with van der Waals surface area (Å²) in [5.41, 5.74) is 1.37. The molecular weight excluding hydrogens is 324 g/mol. The molecule has 2 N–H and O–H groups in total. The van der Waals surface area contributed by atoms with Crippen molar-refractivity contribution >= 4 is 23.0 Å². The normalized spacial score (nSPS) is 11.3. The molecule has 0 radical (unpaired) electrons. The molecular formula is C18H12N2O5. The van der Waals surface area contributed by atoms with Crippen LogP contribution in [0.2, 0.25) is 0 Å². The number of phenolic OH excluding ortho intramolecular Hbond substituents is 1. The maximum atomic E-state index is 12.6. The van der Waals surface area contributed by atoms with Crippen LogP contribution in [0.4, 0.5) is 0 Å². The van der Waals surface area contributed by atoms with Gasteiger partial charge in [-0.05, 0) is 42.0 Å². The highest BCUT2D eigenvalue weighted by Crippen LogP contribution is 2.27. The van der Waals surface area contributed by atoms with Crippen LogP contribution >= 0.6 is 0 Å². The minimum atomic E-state index is -0.619. The number of carbonyl (C=O) groups excluding carboxylic acids is 1. The zero-order chi connectivity index (χ0) is 18.0. The van der Waals surface area contributed by atoms with Crippen molar-refractivity contribution in [3.05, 3.63) is 63.6 Å². The summed E-state index contributed by atoms with van der Waals surface area (Å²) in [6.07, 6.45) is 1.40. The van der Waals surface area contributed by atoms with Crippen LogP contribution in [0.1, 0.15) is 15.9 Å². The van der Waals surface area contributed by atoms with Gasteiger partial charge in [0.1, 0.15) is 11.6 Å². The number of nitrogens with one attached hydrogen (secondary N) is 1. The maximum Gasteiger partial charge on any atom is 0.417 e. The van der Waals surface area contributed by atoms with Crippen molar-refractivity contribution in [2.75, 3.05) is 7.11 Å². The second kappa shape index (κ2) is 6.37. The molecule has 0 unspecified atom stereocenters. The number of methoxy groups -OCH3 is 1. The Kier molecular flexibility index (Phi) is 4.10. The van der Waals surface area contributed by atoms with Gasteiger partial charge in [-0.1, -0.05) is 6.07 Å². The molecule has 0 saturated carbocycles. The topological polar surface area (TPSA) is 116 Å². The van der Waals surface area contributed by atoms with E-state index >= 15 is 0 Å². The second-order valence-electron chi connectivity index (χ2n) is 5.16. The summed E-state index contributed by atoms with van der Waals surface area (Å²) < 4.78 is 9.89. The molecule has 0 bridgehead atoms. The Morgan fingerprint density at radius 3 is 2.84 bits per heavy atom. The predicted octanol–water partition coefficient (Wildman–Crippen LogP) is 2.63. The second-order valence-corrected chi connectivity index (χ2v) is 5.16. The Bertz CT molecular complexity index is 1100. The molecule has 3 aromatic rings. The third-order valence-corrected chi connectivity index (χ3v) is 3.56. The molecule has 0 saturated heterocycles. The molecule has 0 aliphatic rings. The van der Waals surface area contributed by atoms with Crippen molar-refractivity contribution in [2.45, 2.75) is 0 Å². The molecule has 3 rings (SSSR count). The Morgan fingerprint density at radius 2 is 2.12 bits per heavy atom. The van der Waals surface area contributed by atoms with Crippen molar-refractivity contribution in [1.29, 1.82) is 5.26 Å². The zero-order valence-electron chi connectivity index (χ0n) is 13.1. The molecule has 124 valence electrons. The third-order valence-electron chi connectivity index (χ3n) is 3.56. The number of nitrogens with zero attached hydrogens (tertiary/aromatic N) is 1. The Morgan fingerprint density at radius 1 is 1.32 bits per heavy atom. The van der Waals surface area contributed by atoms with Gasteiger partial charge in [0, 0.05) is 5.56 Å². The molecule has 1 heterocycles. The molecule has 0 aliphatic carbocycles. The van der Waals surface area contributed by atoms with Crippen molar-refractivity contribution in [2.24, 2.45) is 0 Å². The molecule has 7 heteroatoms. The number of aromatic hydroxyl groups is 1. The van der Waals surface area contributed by atoms with Crippen LogP contribution in [0, 0.1) is 11.3 Å². The standard InChI is InChI=1S/C18H12N2O5/c1-24-16-7-10(2-4-14(16)21)6-12(9-19)17(22)11-3-5-15-13(8-11)20-18(23)25-15/h2-8,21H,1H3,(H,20,23). The summed E-state index contributed by atoms with van der Waals surface area (Å²) in [6.45, 7) is 0. The maximum absolute atomic E-state index is 12.6. The number of oxazole rings is 1. The summed E-state index contributed by atoms with van der Waals surface area (Å²) in [7, 11) is 1.40. The van der Waals surface area contributed by atoms with Crippen LogP contribution in [0.5, 0.6) is 11.5 Å². The average Bonchev–Trinajstić information content (AvgIpc) is 2.99. The summed E-state index contributed by atoms with van der Waals surface area (Å²) >= 11 is 0. The number of ether oxygens (including phenoxy) is 1. The lowest BCUT2D eigenvalue weighted by atomic mass is 10.0. The number of hydrogen-bond acceptors (Lipinski definition) is 6. The van der Waals surface area contributed by atoms with Gasteiger partial charge in [0.05, 0.1) is 12.6 Å². The Hall–Kier alpha value is -3.79. The number of allylic oxidation sites excluding steroid dienone is 1. The molecule has 25 heavy (non-hydrogen) atoms. The van der Waals surface area contributed by atoms with Gasteiger partial charge in [0.25, 0.3) is 0 Å². The number of Topliss-reactive ketones (excluding diaryl/α,β-unsaturated/α-hetero) is 1. The smallest absolute Gasteiger partial charge is 0.417 e. The number of hydrogen-bond donors (Lipinski definition) is 2. The van der Waals surface area contributed by atoms with Gasteiger partial charge < -0.3 is 14.3 Å². The van der Waals surface area contributed by atoms with E-state index in [1.165, 1.54) is 43.5 Å². The van der Waals surface area contributed by atoms with E-state index in [1.54, 1.807) is 6.07 Å². The van der Waals surface area contributed by atoms with Gasteiger partial charge in [0.2, 0.25) is 5.78 Å². The first-order valence-corrected chi connectivity index (χ1v) is 7.18. The number of benzene rings is 2. The Labute approximate surface area is 141 Å². The molecule has 2 aromatic carbocycles. The van der Waals surface area contributed by atoms with Crippen molar-refractivity contribution in [1.82, 2.24) is 4.98 Å². The van der Waals surface area contributed by atoms with Crippen LogP contribution in [0.25, 0.3) is 17.2 Å². The van der Waals surface area contributed by atoms with E-state index in [0.29, 0.717) is 16.7 Å². The Balaban J connectivity index is 2.00. The SMILES string of the molecule is COc1cc(C=C(C#N)C(=O)c2ccc3oc(=O)[nH]c3c2)ccc1O. The third kappa shape index (κ3) is 3.14. The van der Waals surface area contributed by atoms with Crippen LogP contribution in [0.3, 0.4) is 0 Å². The minimum Gasteiger partial charge on any atom is -0.504 e. The van der Waals surface area contributed by atoms with Gasteiger partial charge in [-0.3, -0.25) is 9.78 Å². The van der Waals surface area contributed by atoms with Gasteiger partial charge in [-0.25, -0.2) is 4.79 Å². The molecule has 0 spiro atoms. The minimum absolute atomic E-state index is 0.0427. The number of rotatable bonds is 4. The van der Waals surface area contributed by atoms with E-state index in [4.69, 9.17) is 9.15 Å². The number of H-pyrrole nitrogens is 1. The first-order chi connectivity index (χ1) is 12.0. The number of phenols is 1. The zero-order valence-corrected chi connectivity index (χ0v) is 13.1. The number of aromatic amines is 1. The predicted molar refractivity (Wildman–Crippen MR) is 89.4 cm³/mol. The van der Waals surface area contributed by atoms with Crippen LogP contribution in [-0.2, 0) is 0 Å². The number of ketones is 1. The van der Waals surface area contributed by atoms with Gasteiger partial charge in [0.15, 0.2) is 17.1 Å². The number of aromatic nitrogens is 1. The van der Waals surface area contributed by atoms with Gasteiger partial charge in [-0.15, -0.1) is 0 Å². The van der Waals surface area contributed by atoms with Crippen LogP contribution in [0.15, 0.2) is 51.2 Å². The van der Waals surface area contributed by atoms with E-state index in [2.05, 4.69) is 4.98 Å². The lowest BCUT2D eigenvalue weighted by molar-refractivity contribution is 0.104. The lowest BCUT2D eigenvalue weighted by Gasteiger charge is -2.04. The number of nitriles is 1. The molecule has 0 fully saturated rings. The fourth-order valence-corrected chi connectivity index (χ4v) is 2.35. The van der Waals surface area contributed by atoms with Crippen LogP contribution in [-0.4, -0.2) is 23.0 Å². The summed E-state index contributed by atoms with van der Waals surface area (Å²) in [5, 5.41) is 18.9. The largest absolute Gasteiger partial charge is 0.504 e. The fraction of sp³-hybridized carbons (Fsp3) is 0.0556. The average molecular weight is 336 g/mol.